The Bertz CT molecular complexity index is 993. The molecule has 1 amide bonds. The fourth-order valence-electron chi connectivity index (χ4n) is 3.70. The number of para-hydroxylation sites is 1. The summed E-state index contributed by atoms with van der Waals surface area (Å²) in [7, 11) is -2.32. The Morgan fingerprint density at radius 1 is 1.10 bits per heavy atom. The number of ether oxygens (including phenoxy) is 1. The van der Waals surface area contributed by atoms with Gasteiger partial charge in [0, 0.05) is 36.9 Å². The molecule has 30 heavy (non-hydrogen) atoms. The normalized spacial score (nSPS) is 15.6. The Hall–Kier alpha value is -2.45. The van der Waals surface area contributed by atoms with Crippen molar-refractivity contribution in [2.45, 2.75) is 13.0 Å². The molecule has 0 saturated carbocycles. The predicted octanol–water partition coefficient (Wildman–Crippen LogP) is 2.85. The summed E-state index contributed by atoms with van der Waals surface area (Å²) in [6.07, 6.45) is 1.07. The van der Waals surface area contributed by atoms with Crippen molar-refractivity contribution in [2.24, 2.45) is 0 Å². The summed E-state index contributed by atoms with van der Waals surface area (Å²) in [6.45, 7) is 3.99. The third-order valence-corrected chi connectivity index (χ3v) is 6.62. The highest BCUT2D eigenvalue weighted by Gasteiger charge is 2.35. The molecule has 1 atom stereocenters. The van der Waals surface area contributed by atoms with Crippen LogP contribution in [-0.4, -0.2) is 64.8 Å². The zero-order valence-electron chi connectivity index (χ0n) is 17.3. The number of methoxy groups -OCH3 is 1. The van der Waals surface area contributed by atoms with E-state index in [1.54, 1.807) is 24.0 Å². The summed E-state index contributed by atoms with van der Waals surface area (Å²) < 4.78 is 31.7. The topological polar surface area (TPSA) is 70.2 Å². The van der Waals surface area contributed by atoms with E-state index >= 15 is 0 Å². The van der Waals surface area contributed by atoms with E-state index in [1.807, 2.05) is 30.3 Å². The average Bonchev–Trinajstić information content (AvgIpc) is 2.73. The van der Waals surface area contributed by atoms with Crippen molar-refractivity contribution in [2.75, 3.05) is 48.7 Å². The molecule has 0 radical (unpaired) electrons. The van der Waals surface area contributed by atoms with Crippen molar-refractivity contribution >= 4 is 38.9 Å². The fourth-order valence-corrected chi connectivity index (χ4v) is 5.03. The first-order valence-corrected chi connectivity index (χ1v) is 11.9. The van der Waals surface area contributed by atoms with Crippen molar-refractivity contribution in [3.8, 4) is 5.75 Å². The summed E-state index contributed by atoms with van der Waals surface area (Å²) in [6, 6.07) is 13.8. The van der Waals surface area contributed by atoms with E-state index in [9.17, 15) is 13.2 Å². The van der Waals surface area contributed by atoms with Crippen LogP contribution in [0.15, 0.2) is 48.5 Å². The molecule has 1 fully saturated rings. The second-order valence-corrected chi connectivity index (χ2v) is 9.49. The van der Waals surface area contributed by atoms with Gasteiger partial charge in [-0.15, -0.1) is 0 Å². The van der Waals surface area contributed by atoms with Crippen molar-refractivity contribution in [1.29, 1.82) is 0 Å². The summed E-state index contributed by atoms with van der Waals surface area (Å²) >= 11 is 6.10. The zero-order chi connectivity index (χ0) is 21.9. The molecule has 0 spiro atoms. The number of piperazine rings is 1. The number of anilines is 2. The predicted molar refractivity (Wildman–Crippen MR) is 120 cm³/mol. The number of carbonyl (C=O) groups is 1. The first-order valence-electron chi connectivity index (χ1n) is 9.64. The lowest BCUT2D eigenvalue weighted by Crippen LogP contribution is -2.55. The van der Waals surface area contributed by atoms with E-state index in [4.69, 9.17) is 16.3 Å². The molecule has 0 bridgehead atoms. The maximum atomic E-state index is 13.2. The largest absolute Gasteiger partial charge is 0.495 e. The van der Waals surface area contributed by atoms with Gasteiger partial charge >= 0.3 is 0 Å². The van der Waals surface area contributed by atoms with Crippen LogP contribution < -0.4 is 13.9 Å². The molecule has 3 rings (SSSR count). The van der Waals surface area contributed by atoms with Gasteiger partial charge in [-0.3, -0.25) is 9.10 Å². The third-order valence-electron chi connectivity index (χ3n) is 5.16. The van der Waals surface area contributed by atoms with Gasteiger partial charge in [0.1, 0.15) is 11.8 Å². The highest BCUT2D eigenvalue weighted by Crippen LogP contribution is 2.34. The Morgan fingerprint density at radius 3 is 2.30 bits per heavy atom. The number of nitrogens with zero attached hydrogens (tertiary/aromatic N) is 3. The number of rotatable bonds is 6. The highest BCUT2D eigenvalue weighted by molar-refractivity contribution is 7.92. The van der Waals surface area contributed by atoms with Gasteiger partial charge < -0.3 is 14.5 Å². The van der Waals surface area contributed by atoms with E-state index in [0.717, 1.165) is 16.2 Å². The van der Waals surface area contributed by atoms with Gasteiger partial charge in [-0.1, -0.05) is 29.8 Å². The number of benzene rings is 2. The van der Waals surface area contributed by atoms with Crippen LogP contribution in [0.5, 0.6) is 5.75 Å². The smallest absolute Gasteiger partial charge is 0.246 e. The van der Waals surface area contributed by atoms with Crippen molar-refractivity contribution in [1.82, 2.24) is 4.90 Å². The maximum Gasteiger partial charge on any atom is 0.246 e. The van der Waals surface area contributed by atoms with Crippen LogP contribution in [0.4, 0.5) is 11.4 Å². The number of hydrogen-bond acceptors (Lipinski definition) is 5. The number of amides is 1. The molecule has 162 valence electrons. The number of hydrogen-bond donors (Lipinski definition) is 0. The standard InChI is InChI=1S/C21H26ClN3O4S/c1-16(25(30(3,27)28)19-15-17(22)9-10-20(19)29-2)21(26)24-13-11-23(12-14-24)18-7-5-4-6-8-18/h4-10,15-16H,11-14H2,1-3H3. The van der Waals surface area contributed by atoms with E-state index in [1.165, 1.54) is 13.2 Å². The van der Waals surface area contributed by atoms with Crippen LogP contribution in [0.3, 0.4) is 0 Å². The van der Waals surface area contributed by atoms with E-state index < -0.39 is 16.1 Å². The van der Waals surface area contributed by atoms with E-state index in [0.29, 0.717) is 37.0 Å². The van der Waals surface area contributed by atoms with Gasteiger partial charge in [-0.2, -0.15) is 0 Å². The van der Waals surface area contributed by atoms with Gasteiger partial charge in [0.15, 0.2) is 0 Å². The van der Waals surface area contributed by atoms with Gasteiger partial charge in [0.2, 0.25) is 15.9 Å². The minimum absolute atomic E-state index is 0.247. The van der Waals surface area contributed by atoms with Crippen LogP contribution in [0.25, 0.3) is 0 Å². The molecule has 9 heteroatoms. The molecule has 2 aromatic carbocycles. The second-order valence-electron chi connectivity index (χ2n) is 7.20. The molecule has 0 aliphatic carbocycles. The first kappa shape index (κ1) is 22.2. The summed E-state index contributed by atoms with van der Waals surface area (Å²) in [5.41, 5.74) is 1.36. The summed E-state index contributed by atoms with van der Waals surface area (Å²) in [5.74, 6) is 0.0773. The molecule has 1 heterocycles. The monoisotopic (exact) mass is 451 g/mol. The average molecular weight is 452 g/mol. The van der Waals surface area contributed by atoms with Crippen LogP contribution >= 0.6 is 11.6 Å². The van der Waals surface area contributed by atoms with Crippen molar-refractivity contribution < 1.29 is 17.9 Å². The molecule has 1 aliphatic rings. The molecule has 1 unspecified atom stereocenters. The van der Waals surface area contributed by atoms with Gasteiger partial charge in [-0.25, -0.2) is 8.42 Å². The van der Waals surface area contributed by atoms with Crippen molar-refractivity contribution in [3.63, 3.8) is 0 Å². The lowest BCUT2D eigenvalue weighted by Gasteiger charge is -2.39. The van der Waals surface area contributed by atoms with Gasteiger partial charge in [0.05, 0.1) is 19.1 Å². The Morgan fingerprint density at radius 2 is 1.73 bits per heavy atom. The van der Waals surface area contributed by atoms with Crippen LogP contribution in [0, 0.1) is 0 Å². The lowest BCUT2D eigenvalue weighted by molar-refractivity contribution is -0.132. The highest BCUT2D eigenvalue weighted by atomic mass is 35.5. The third kappa shape index (κ3) is 4.82. The Balaban J connectivity index is 1.80. The molecular weight excluding hydrogens is 426 g/mol. The number of sulfonamides is 1. The molecule has 0 N–H and O–H groups in total. The molecule has 0 aromatic heterocycles. The fraction of sp³-hybridized carbons (Fsp3) is 0.381. The lowest BCUT2D eigenvalue weighted by atomic mass is 10.2. The molecule has 1 saturated heterocycles. The maximum absolute atomic E-state index is 13.2. The van der Waals surface area contributed by atoms with Gasteiger partial charge in [-0.05, 0) is 37.3 Å². The Kier molecular flexibility index (Phi) is 6.77. The molecule has 1 aliphatic heterocycles. The van der Waals surface area contributed by atoms with E-state index in [-0.39, 0.29) is 11.6 Å². The van der Waals surface area contributed by atoms with Crippen LogP contribution in [0.1, 0.15) is 6.92 Å². The minimum atomic E-state index is -3.77. The number of halogens is 1. The SMILES string of the molecule is COc1ccc(Cl)cc1N(C(C)C(=O)N1CCN(c2ccccc2)CC1)S(C)(=O)=O. The molecule has 2 aromatic rings. The van der Waals surface area contributed by atoms with Gasteiger partial charge in [0.25, 0.3) is 0 Å². The molecular formula is C21H26ClN3O4S. The van der Waals surface area contributed by atoms with Crippen LogP contribution in [0.2, 0.25) is 5.02 Å². The minimum Gasteiger partial charge on any atom is -0.495 e. The molecule has 7 nitrogen and oxygen atoms in total. The Labute approximate surface area is 182 Å². The summed E-state index contributed by atoms with van der Waals surface area (Å²) in [5, 5.41) is 0.357. The second kappa shape index (κ2) is 9.14. The van der Waals surface area contributed by atoms with E-state index in [2.05, 4.69) is 4.90 Å². The van der Waals surface area contributed by atoms with Crippen molar-refractivity contribution in [3.05, 3.63) is 53.6 Å². The summed E-state index contributed by atoms with van der Waals surface area (Å²) in [4.78, 5) is 17.1. The van der Waals surface area contributed by atoms with Crippen LogP contribution in [-0.2, 0) is 14.8 Å². The first-order chi connectivity index (χ1) is 14.2. The number of carbonyl (C=O) groups excluding carboxylic acids is 1. The zero-order valence-corrected chi connectivity index (χ0v) is 18.9. The quantitative estimate of drug-likeness (QED) is 0.675.